The molecule has 0 aliphatic rings. The average Bonchev–Trinajstić information content (AvgIpc) is 2.61. The van der Waals surface area contributed by atoms with E-state index < -0.39 is 0 Å². The Morgan fingerprint density at radius 3 is 2.46 bits per heavy atom. The lowest BCUT2D eigenvalue weighted by Crippen LogP contribution is -2.28. The van der Waals surface area contributed by atoms with Crippen LogP contribution < -0.4 is 20.7 Å². The minimum absolute atomic E-state index is 0.133. The third kappa shape index (κ3) is 5.01. The van der Waals surface area contributed by atoms with Gasteiger partial charge in [0.1, 0.15) is 5.75 Å². The molecule has 0 radical (unpaired) electrons. The topological polar surface area (TPSA) is 79.5 Å². The van der Waals surface area contributed by atoms with Crippen LogP contribution in [0.25, 0.3) is 0 Å². The fourth-order valence-electron chi connectivity index (χ4n) is 2.11. The molecule has 0 heterocycles. The van der Waals surface area contributed by atoms with Crippen LogP contribution in [0.3, 0.4) is 0 Å². The van der Waals surface area contributed by atoms with E-state index in [9.17, 15) is 9.59 Å². The first-order valence-corrected chi connectivity index (χ1v) is 7.68. The van der Waals surface area contributed by atoms with Crippen molar-refractivity contribution in [3.8, 4) is 5.75 Å². The van der Waals surface area contributed by atoms with Gasteiger partial charge >= 0.3 is 6.03 Å². The standard InChI is InChI=1S/C18H21N3O3/c1-3-19-17(22)14-7-9-15(10-8-14)21-18(23)20-12-13-5-4-6-16(11-13)24-2/h4-11H,3,12H2,1-2H3,(H,19,22)(H2,20,21,23). The van der Waals surface area contributed by atoms with Gasteiger partial charge in [0.2, 0.25) is 0 Å². The number of nitrogens with one attached hydrogen (secondary N) is 3. The summed E-state index contributed by atoms with van der Waals surface area (Å²) in [5.74, 6) is 0.613. The Balaban J connectivity index is 1.86. The molecule has 24 heavy (non-hydrogen) atoms. The summed E-state index contributed by atoms with van der Waals surface area (Å²) in [5, 5.41) is 8.22. The van der Waals surface area contributed by atoms with Crippen molar-refractivity contribution < 1.29 is 14.3 Å². The van der Waals surface area contributed by atoms with E-state index in [-0.39, 0.29) is 11.9 Å². The predicted octanol–water partition coefficient (Wildman–Crippen LogP) is 2.77. The fourth-order valence-corrected chi connectivity index (χ4v) is 2.11. The van der Waals surface area contributed by atoms with Gasteiger partial charge in [-0.25, -0.2) is 4.79 Å². The molecular weight excluding hydrogens is 306 g/mol. The normalized spacial score (nSPS) is 9.92. The van der Waals surface area contributed by atoms with Crippen LogP contribution in [0.1, 0.15) is 22.8 Å². The quantitative estimate of drug-likeness (QED) is 0.763. The average molecular weight is 327 g/mol. The second-order valence-electron chi connectivity index (χ2n) is 5.10. The maximum absolute atomic E-state index is 11.9. The number of methoxy groups -OCH3 is 1. The Bertz CT molecular complexity index is 699. The molecule has 126 valence electrons. The van der Waals surface area contributed by atoms with E-state index in [0.29, 0.717) is 24.3 Å². The minimum Gasteiger partial charge on any atom is -0.497 e. The first-order valence-electron chi connectivity index (χ1n) is 7.68. The van der Waals surface area contributed by atoms with Crippen LogP contribution in [0, 0.1) is 0 Å². The summed E-state index contributed by atoms with van der Waals surface area (Å²) < 4.78 is 5.14. The fraction of sp³-hybridized carbons (Fsp3) is 0.222. The zero-order valence-corrected chi connectivity index (χ0v) is 13.8. The Kier molecular flexibility index (Phi) is 6.19. The Hall–Kier alpha value is -3.02. The van der Waals surface area contributed by atoms with Crippen molar-refractivity contribution in [2.75, 3.05) is 19.0 Å². The minimum atomic E-state index is -0.316. The monoisotopic (exact) mass is 327 g/mol. The zero-order valence-electron chi connectivity index (χ0n) is 13.8. The number of carbonyl (C=O) groups excluding carboxylic acids is 2. The molecule has 0 aromatic heterocycles. The third-order valence-corrected chi connectivity index (χ3v) is 3.33. The molecule has 0 aliphatic heterocycles. The van der Waals surface area contributed by atoms with Gasteiger partial charge in [0.25, 0.3) is 5.91 Å². The van der Waals surface area contributed by atoms with Gasteiger partial charge in [0, 0.05) is 24.3 Å². The molecule has 0 fully saturated rings. The van der Waals surface area contributed by atoms with Crippen molar-refractivity contribution in [2.45, 2.75) is 13.5 Å². The first-order chi connectivity index (χ1) is 11.6. The molecule has 6 heteroatoms. The highest BCUT2D eigenvalue weighted by Gasteiger charge is 2.06. The van der Waals surface area contributed by atoms with Crippen molar-refractivity contribution >= 4 is 17.6 Å². The van der Waals surface area contributed by atoms with E-state index in [1.807, 2.05) is 31.2 Å². The molecule has 3 N–H and O–H groups in total. The van der Waals surface area contributed by atoms with Gasteiger partial charge in [-0.1, -0.05) is 12.1 Å². The molecule has 6 nitrogen and oxygen atoms in total. The molecule has 0 unspecified atom stereocenters. The number of hydrogen-bond donors (Lipinski definition) is 3. The highest BCUT2D eigenvalue weighted by Crippen LogP contribution is 2.12. The van der Waals surface area contributed by atoms with Crippen LogP contribution in [0.5, 0.6) is 5.75 Å². The number of rotatable bonds is 6. The number of anilines is 1. The number of ether oxygens (including phenoxy) is 1. The first kappa shape index (κ1) is 17.3. The van der Waals surface area contributed by atoms with Gasteiger partial charge in [0.05, 0.1) is 7.11 Å². The van der Waals surface area contributed by atoms with Crippen molar-refractivity contribution in [2.24, 2.45) is 0 Å². The van der Waals surface area contributed by atoms with E-state index >= 15 is 0 Å². The maximum atomic E-state index is 11.9. The van der Waals surface area contributed by atoms with E-state index in [1.165, 1.54) is 0 Å². The van der Waals surface area contributed by atoms with Crippen molar-refractivity contribution in [1.29, 1.82) is 0 Å². The third-order valence-electron chi connectivity index (χ3n) is 3.33. The molecule has 3 amide bonds. The van der Waals surface area contributed by atoms with Crippen molar-refractivity contribution in [3.63, 3.8) is 0 Å². The predicted molar refractivity (Wildman–Crippen MR) is 93.3 cm³/mol. The Labute approximate surface area is 141 Å². The Morgan fingerprint density at radius 2 is 1.79 bits per heavy atom. The van der Waals surface area contributed by atoms with E-state index in [1.54, 1.807) is 31.4 Å². The second-order valence-corrected chi connectivity index (χ2v) is 5.10. The summed E-state index contributed by atoms with van der Waals surface area (Å²) >= 11 is 0. The molecule has 0 bridgehead atoms. The lowest BCUT2D eigenvalue weighted by Gasteiger charge is -2.09. The smallest absolute Gasteiger partial charge is 0.319 e. The van der Waals surface area contributed by atoms with Crippen LogP contribution in [-0.4, -0.2) is 25.6 Å². The SMILES string of the molecule is CCNC(=O)c1ccc(NC(=O)NCc2cccc(OC)c2)cc1. The molecule has 0 atom stereocenters. The summed E-state index contributed by atoms with van der Waals surface area (Å²) in [6.45, 7) is 2.83. The van der Waals surface area contributed by atoms with Gasteiger partial charge in [-0.05, 0) is 48.9 Å². The molecule has 0 saturated heterocycles. The second kappa shape index (κ2) is 8.57. The molecule has 2 aromatic carbocycles. The van der Waals surface area contributed by atoms with Gasteiger partial charge < -0.3 is 20.7 Å². The summed E-state index contributed by atoms with van der Waals surface area (Å²) in [4.78, 5) is 23.6. The zero-order chi connectivity index (χ0) is 17.4. The molecule has 2 rings (SSSR count). The highest BCUT2D eigenvalue weighted by atomic mass is 16.5. The largest absolute Gasteiger partial charge is 0.497 e. The van der Waals surface area contributed by atoms with Crippen molar-refractivity contribution in [3.05, 3.63) is 59.7 Å². The lowest BCUT2D eigenvalue weighted by molar-refractivity contribution is 0.0956. The molecule has 0 spiro atoms. The number of hydrogen-bond acceptors (Lipinski definition) is 3. The molecular formula is C18H21N3O3. The number of benzene rings is 2. The van der Waals surface area contributed by atoms with Crippen LogP contribution >= 0.6 is 0 Å². The van der Waals surface area contributed by atoms with Gasteiger partial charge in [-0.15, -0.1) is 0 Å². The van der Waals surface area contributed by atoms with Gasteiger partial charge in [-0.3, -0.25) is 4.79 Å². The summed E-state index contributed by atoms with van der Waals surface area (Å²) in [5.41, 5.74) is 2.11. The van der Waals surface area contributed by atoms with Crippen molar-refractivity contribution in [1.82, 2.24) is 10.6 Å². The van der Waals surface area contributed by atoms with E-state index in [0.717, 1.165) is 11.3 Å². The highest BCUT2D eigenvalue weighted by molar-refractivity contribution is 5.95. The lowest BCUT2D eigenvalue weighted by atomic mass is 10.2. The summed E-state index contributed by atoms with van der Waals surface area (Å²) in [6.07, 6.45) is 0. The number of amides is 3. The molecule has 0 saturated carbocycles. The Morgan fingerprint density at radius 1 is 1.04 bits per heavy atom. The summed E-state index contributed by atoms with van der Waals surface area (Å²) in [7, 11) is 1.60. The van der Waals surface area contributed by atoms with Crippen LogP contribution in [0.2, 0.25) is 0 Å². The van der Waals surface area contributed by atoms with E-state index in [2.05, 4.69) is 16.0 Å². The molecule has 2 aromatic rings. The number of carbonyl (C=O) groups is 2. The maximum Gasteiger partial charge on any atom is 0.319 e. The van der Waals surface area contributed by atoms with E-state index in [4.69, 9.17) is 4.74 Å². The van der Waals surface area contributed by atoms with Crippen LogP contribution in [-0.2, 0) is 6.54 Å². The van der Waals surface area contributed by atoms with Crippen LogP contribution in [0.15, 0.2) is 48.5 Å². The molecule has 0 aliphatic carbocycles. The summed E-state index contributed by atoms with van der Waals surface area (Å²) in [6, 6.07) is 13.9. The van der Waals surface area contributed by atoms with Gasteiger partial charge in [0.15, 0.2) is 0 Å². The number of urea groups is 1. The van der Waals surface area contributed by atoms with Crippen LogP contribution in [0.4, 0.5) is 10.5 Å². The van der Waals surface area contributed by atoms with Gasteiger partial charge in [-0.2, -0.15) is 0 Å².